The molecule has 2 heterocycles. The van der Waals surface area contributed by atoms with E-state index in [2.05, 4.69) is 22.2 Å². The van der Waals surface area contributed by atoms with Crippen LogP contribution in [0.25, 0.3) is 11.3 Å². The van der Waals surface area contributed by atoms with Gasteiger partial charge >= 0.3 is 0 Å². The van der Waals surface area contributed by atoms with Crippen molar-refractivity contribution < 1.29 is 0 Å². The summed E-state index contributed by atoms with van der Waals surface area (Å²) in [5.74, 6) is 2.41. The van der Waals surface area contributed by atoms with Crippen LogP contribution in [0.5, 0.6) is 0 Å². The highest BCUT2D eigenvalue weighted by Gasteiger charge is 2.27. The van der Waals surface area contributed by atoms with Gasteiger partial charge in [-0.05, 0) is 31.4 Å². The van der Waals surface area contributed by atoms with E-state index in [1.54, 1.807) is 6.20 Å². The summed E-state index contributed by atoms with van der Waals surface area (Å²) in [5, 5.41) is 3.11. The average Bonchev–Trinajstić information content (AvgIpc) is 3.23. The second-order valence-corrected chi connectivity index (χ2v) is 4.71. The van der Waals surface area contributed by atoms with Crippen LogP contribution < -0.4 is 5.32 Å². The molecule has 1 saturated carbocycles. The van der Waals surface area contributed by atoms with Crippen LogP contribution >= 0.6 is 0 Å². The molecule has 1 aliphatic carbocycles. The lowest BCUT2D eigenvalue weighted by Gasteiger charge is -2.09. The highest BCUT2D eigenvalue weighted by molar-refractivity contribution is 5.65. The quantitative estimate of drug-likeness (QED) is 0.896. The Morgan fingerprint density at radius 2 is 2.11 bits per heavy atom. The van der Waals surface area contributed by atoms with E-state index in [9.17, 15) is 0 Å². The third-order valence-electron chi connectivity index (χ3n) is 3.24. The van der Waals surface area contributed by atoms with Crippen molar-refractivity contribution in [2.45, 2.75) is 25.7 Å². The van der Waals surface area contributed by atoms with Crippen LogP contribution in [-0.4, -0.2) is 22.0 Å². The maximum Gasteiger partial charge on any atom is 0.134 e. The topological polar surface area (TPSA) is 50.7 Å². The molecule has 2 aromatic heterocycles. The zero-order chi connectivity index (χ0) is 12.5. The Morgan fingerprint density at radius 3 is 2.78 bits per heavy atom. The molecule has 3 rings (SSSR count). The highest BCUT2D eigenvalue weighted by Crippen LogP contribution is 2.39. The normalized spacial score (nSPS) is 14.6. The van der Waals surface area contributed by atoms with Crippen molar-refractivity contribution in [2.24, 2.45) is 0 Å². The average molecular weight is 240 g/mol. The van der Waals surface area contributed by atoms with Crippen LogP contribution in [0.4, 0.5) is 5.82 Å². The van der Waals surface area contributed by atoms with E-state index in [1.165, 1.54) is 12.8 Å². The molecule has 4 nitrogen and oxygen atoms in total. The molecule has 1 N–H and O–H groups in total. The van der Waals surface area contributed by atoms with E-state index in [1.807, 2.05) is 25.4 Å². The summed E-state index contributed by atoms with van der Waals surface area (Å²) < 4.78 is 0. The summed E-state index contributed by atoms with van der Waals surface area (Å²) in [4.78, 5) is 13.4. The van der Waals surface area contributed by atoms with Gasteiger partial charge < -0.3 is 5.32 Å². The van der Waals surface area contributed by atoms with Gasteiger partial charge in [0.15, 0.2) is 0 Å². The number of anilines is 1. The first-order valence-electron chi connectivity index (χ1n) is 6.25. The lowest BCUT2D eigenvalue weighted by molar-refractivity contribution is 0.931. The smallest absolute Gasteiger partial charge is 0.134 e. The lowest BCUT2D eigenvalue weighted by Crippen LogP contribution is -2.01. The molecule has 2 aromatic rings. The zero-order valence-electron chi connectivity index (χ0n) is 10.6. The van der Waals surface area contributed by atoms with Gasteiger partial charge in [0.05, 0.1) is 5.69 Å². The number of pyridine rings is 1. The second-order valence-electron chi connectivity index (χ2n) is 4.71. The van der Waals surface area contributed by atoms with E-state index in [-0.39, 0.29) is 0 Å². The second kappa shape index (κ2) is 4.37. The van der Waals surface area contributed by atoms with Gasteiger partial charge in [-0.15, -0.1) is 0 Å². The number of hydrogen-bond acceptors (Lipinski definition) is 4. The van der Waals surface area contributed by atoms with Crippen molar-refractivity contribution in [3.8, 4) is 11.3 Å². The molecule has 0 bridgehead atoms. The first kappa shape index (κ1) is 11.1. The lowest BCUT2D eigenvalue weighted by atomic mass is 10.1. The fraction of sp³-hybridized carbons (Fsp3) is 0.357. The Labute approximate surface area is 107 Å². The summed E-state index contributed by atoms with van der Waals surface area (Å²) in [7, 11) is 1.89. The molecule has 0 spiro atoms. The maximum atomic E-state index is 4.70. The highest BCUT2D eigenvalue weighted by atomic mass is 15.0. The van der Waals surface area contributed by atoms with Gasteiger partial charge in [-0.3, -0.25) is 4.98 Å². The van der Waals surface area contributed by atoms with Gasteiger partial charge in [0.2, 0.25) is 0 Å². The maximum absolute atomic E-state index is 4.70. The van der Waals surface area contributed by atoms with Crippen LogP contribution in [0.2, 0.25) is 0 Å². The molecule has 0 radical (unpaired) electrons. The Morgan fingerprint density at radius 1 is 1.28 bits per heavy atom. The Kier molecular flexibility index (Phi) is 2.70. The van der Waals surface area contributed by atoms with Gasteiger partial charge in [0.1, 0.15) is 11.6 Å². The summed E-state index contributed by atoms with van der Waals surface area (Å²) in [6.07, 6.45) is 6.09. The van der Waals surface area contributed by atoms with Crippen molar-refractivity contribution in [1.29, 1.82) is 0 Å². The molecule has 0 unspecified atom stereocenters. The van der Waals surface area contributed by atoms with Crippen LogP contribution in [0, 0.1) is 6.92 Å². The summed E-state index contributed by atoms with van der Waals surface area (Å²) in [6, 6.07) is 4.00. The standard InChI is InChI=1S/C14H16N4/c1-9-8-16-6-5-11(9)12-7-13(15-2)18-14(17-12)10-3-4-10/h5-8,10H,3-4H2,1-2H3,(H,15,17,18). The fourth-order valence-corrected chi connectivity index (χ4v) is 2.02. The van der Waals surface area contributed by atoms with Crippen LogP contribution in [-0.2, 0) is 0 Å². The van der Waals surface area contributed by atoms with Crippen molar-refractivity contribution >= 4 is 5.82 Å². The van der Waals surface area contributed by atoms with E-state index in [0.717, 1.165) is 28.5 Å². The Bertz CT molecular complexity index is 576. The van der Waals surface area contributed by atoms with Crippen LogP contribution in [0.3, 0.4) is 0 Å². The van der Waals surface area contributed by atoms with Gasteiger partial charge in [0, 0.05) is 37.0 Å². The van der Waals surface area contributed by atoms with Crippen molar-refractivity contribution in [2.75, 3.05) is 12.4 Å². The van der Waals surface area contributed by atoms with E-state index >= 15 is 0 Å². The predicted octanol–water partition coefficient (Wildman–Crippen LogP) is 2.77. The molecule has 92 valence electrons. The summed E-state index contributed by atoms with van der Waals surface area (Å²) >= 11 is 0. The SMILES string of the molecule is CNc1cc(-c2ccncc2C)nc(C2CC2)n1. The molecule has 0 atom stereocenters. The van der Waals surface area contributed by atoms with Crippen LogP contribution in [0.1, 0.15) is 30.1 Å². The van der Waals surface area contributed by atoms with E-state index in [0.29, 0.717) is 5.92 Å². The van der Waals surface area contributed by atoms with Gasteiger partial charge in [-0.25, -0.2) is 9.97 Å². The van der Waals surface area contributed by atoms with Crippen LogP contribution in [0.15, 0.2) is 24.5 Å². The number of hydrogen-bond donors (Lipinski definition) is 1. The molecular weight excluding hydrogens is 224 g/mol. The minimum Gasteiger partial charge on any atom is -0.373 e. The van der Waals surface area contributed by atoms with Gasteiger partial charge in [0.25, 0.3) is 0 Å². The largest absolute Gasteiger partial charge is 0.373 e. The van der Waals surface area contributed by atoms with Gasteiger partial charge in [-0.1, -0.05) is 0 Å². The summed E-state index contributed by atoms with van der Waals surface area (Å²) in [5.41, 5.74) is 3.25. The monoisotopic (exact) mass is 240 g/mol. The van der Waals surface area contributed by atoms with Crippen molar-refractivity contribution in [3.63, 3.8) is 0 Å². The fourth-order valence-electron chi connectivity index (χ4n) is 2.02. The third kappa shape index (κ3) is 2.06. The molecule has 1 fully saturated rings. The van der Waals surface area contributed by atoms with E-state index in [4.69, 9.17) is 4.98 Å². The number of aromatic nitrogens is 3. The number of rotatable bonds is 3. The molecule has 0 saturated heterocycles. The van der Waals surface area contributed by atoms with Crippen molar-refractivity contribution in [3.05, 3.63) is 35.9 Å². The molecule has 0 amide bonds. The number of nitrogens with one attached hydrogen (secondary N) is 1. The first-order valence-corrected chi connectivity index (χ1v) is 6.25. The molecule has 18 heavy (non-hydrogen) atoms. The van der Waals surface area contributed by atoms with Crippen molar-refractivity contribution in [1.82, 2.24) is 15.0 Å². The minimum absolute atomic E-state index is 0.555. The molecule has 1 aliphatic rings. The predicted molar refractivity (Wildman–Crippen MR) is 71.5 cm³/mol. The molecule has 0 aliphatic heterocycles. The zero-order valence-corrected chi connectivity index (χ0v) is 10.6. The minimum atomic E-state index is 0.555. The van der Waals surface area contributed by atoms with E-state index < -0.39 is 0 Å². The first-order chi connectivity index (χ1) is 8.78. The Hall–Kier alpha value is -1.97. The number of nitrogens with zero attached hydrogens (tertiary/aromatic N) is 3. The number of aryl methyl sites for hydroxylation is 1. The molecule has 0 aromatic carbocycles. The third-order valence-corrected chi connectivity index (χ3v) is 3.24. The molecule has 4 heteroatoms. The Balaban J connectivity index is 2.10. The summed E-state index contributed by atoms with van der Waals surface area (Å²) in [6.45, 7) is 2.06. The molecular formula is C14H16N4. The van der Waals surface area contributed by atoms with Gasteiger partial charge in [-0.2, -0.15) is 0 Å².